The topological polar surface area (TPSA) is 84.2 Å². The fourth-order valence-corrected chi connectivity index (χ4v) is 5.13. The predicted molar refractivity (Wildman–Crippen MR) is 134 cm³/mol. The molecule has 37 heavy (non-hydrogen) atoms. The van der Waals surface area contributed by atoms with Crippen LogP contribution >= 0.6 is 11.6 Å². The van der Waals surface area contributed by atoms with Crippen molar-refractivity contribution in [1.29, 1.82) is 0 Å². The molecule has 0 unspecified atom stereocenters. The summed E-state index contributed by atoms with van der Waals surface area (Å²) in [6, 6.07) is 8.09. The van der Waals surface area contributed by atoms with Crippen molar-refractivity contribution in [3.63, 3.8) is 0 Å². The normalized spacial score (nSPS) is 17.6. The number of hydrogen-bond acceptors (Lipinski definition) is 6. The average Bonchev–Trinajstić information content (AvgIpc) is 3.57. The van der Waals surface area contributed by atoms with Crippen molar-refractivity contribution in [2.24, 2.45) is 0 Å². The molecule has 1 amide bonds. The Labute approximate surface area is 218 Å². The van der Waals surface area contributed by atoms with Crippen LogP contribution in [0.15, 0.2) is 40.8 Å². The van der Waals surface area contributed by atoms with Gasteiger partial charge in [-0.15, -0.1) is 0 Å². The van der Waals surface area contributed by atoms with Crippen LogP contribution in [0.25, 0.3) is 11.0 Å². The second-order valence-electron chi connectivity index (χ2n) is 9.45. The van der Waals surface area contributed by atoms with E-state index >= 15 is 8.78 Å². The monoisotopic (exact) mass is 534 g/mol. The Morgan fingerprint density at radius 3 is 2.54 bits per heavy atom. The minimum Gasteiger partial charge on any atom is -0.486 e. The largest absolute Gasteiger partial charge is 0.486 e. The van der Waals surface area contributed by atoms with E-state index in [2.05, 4.69) is 10.2 Å². The van der Waals surface area contributed by atoms with Gasteiger partial charge in [-0.1, -0.05) is 18.5 Å². The van der Waals surface area contributed by atoms with E-state index in [0.29, 0.717) is 47.1 Å². The molecule has 0 radical (unpaired) electrons. The quantitative estimate of drug-likeness (QED) is 0.431. The third-order valence-corrected chi connectivity index (χ3v) is 7.16. The minimum absolute atomic E-state index is 0.199. The summed E-state index contributed by atoms with van der Waals surface area (Å²) >= 11 is 5.96. The number of alkyl halides is 2. The van der Waals surface area contributed by atoms with E-state index in [1.165, 1.54) is 18.2 Å². The first kappa shape index (κ1) is 25.8. The van der Waals surface area contributed by atoms with Crippen LogP contribution in [0.2, 0.25) is 5.02 Å². The molecule has 2 aromatic carbocycles. The van der Waals surface area contributed by atoms with Gasteiger partial charge in [0.25, 0.3) is 5.91 Å². The van der Waals surface area contributed by atoms with Crippen molar-refractivity contribution in [3.8, 4) is 11.5 Å². The van der Waals surface area contributed by atoms with Crippen LogP contribution in [-0.2, 0) is 17.1 Å². The lowest BCUT2D eigenvalue weighted by Crippen LogP contribution is -2.51. The highest BCUT2D eigenvalue weighted by atomic mass is 35.5. The van der Waals surface area contributed by atoms with E-state index in [1.807, 2.05) is 6.92 Å². The molecule has 2 N–H and O–H groups in total. The summed E-state index contributed by atoms with van der Waals surface area (Å²) in [6.45, 7) is 4.48. The number of nitrogens with zero attached hydrogens (tertiary/aromatic N) is 1. The minimum atomic E-state index is -3.96. The molecule has 1 fully saturated rings. The fraction of sp³-hybridized carbons (Fsp3) is 0.444. The lowest BCUT2D eigenvalue weighted by Gasteiger charge is -2.31. The third kappa shape index (κ3) is 5.26. The van der Waals surface area contributed by atoms with Crippen LogP contribution in [0.1, 0.15) is 42.8 Å². The average molecular weight is 535 g/mol. The number of aliphatic hydroxyl groups is 1. The number of aliphatic hydroxyl groups excluding tert-OH is 1. The molecule has 198 valence electrons. The number of amides is 1. The smallest absolute Gasteiger partial charge is 0.380 e. The van der Waals surface area contributed by atoms with Crippen molar-refractivity contribution in [2.75, 3.05) is 32.8 Å². The second-order valence-corrected chi connectivity index (χ2v) is 9.88. The number of nitrogens with one attached hydrogen (secondary N) is 1. The van der Waals surface area contributed by atoms with Crippen LogP contribution in [0.5, 0.6) is 11.5 Å². The Hall–Kier alpha value is -2.88. The third-order valence-electron chi connectivity index (χ3n) is 6.93. The van der Waals surface area contributed by atoms with Gasteiger partial charge in [-0.25, -0.2) is 0 Å². The number of fused-ring (bicyclic) bond motifs is 2. The second kappa shape index (κ2) is 10.5. The van der Waals surface area contributed by atoms with E-state index < -0.39 is 29.7 Å². The summed E-state index contributed by atoms with van der Waals surface area (Å²) < 4.78 is 47.3. The Kier molecular flexibility index (Phi) is 7.29. The highest BCUT2D eigenvalue weighted by Gasteiger charge is 2.46. The number of rotatable bonds is 8. The van der Waals surface area contributed by atoms with Gasteiger partial charge in [-0.3, -0.25) is 4.79 Å². The number of ether oxygens (including phenoxy) is 2. The van der Waals surface area contributed by atoms with Crippen molar-refractivity contribution >= 4 is 28.5 Å². The van der Waals surface area contributed by atoms with Crippen molar-refractivity contribution in [3.05, 3.63) is 58.3 Å². The maximum atomic E-state index is 15.3. The lowest BCUT2D eigenvalue weighted by atomic mass is 9.94. The summed E-state index contributed by atoms with van der Waals surface area (Å²) in [6.07, 6.45) is 1.27. The molecule has 2 atom stereocenters. The molecule has 3 aromatic rings. The molecular weight excluding hydrogens is 506 g/mol. The Morgan fingerprint density at radius 1 is 1.14 bits per heavy atom. The molecule has 0 saturated carbocycles. The highest BCUT2D eigenvalue weighted by molar-refractivity contribution is 6.31. The first-order valence-corrected chi connectivity index (χ1v) is 12.8. The number of aryl methyl sites for hydroxylation is 1. The Bertz CT molecular complexity index is 1290. The summed E-state index contributed by atoms with van der Waals surface area (Å²) in [5.41, 5.74) is 1.50. The maximum absolute atomic E-state index is 15.3. The van der Waals surface area contributed by atoms with Gasteiger partial charge < -0.3 is 29.2 Å². The molecule has 1 saturated heterocycles. The first-order chi connectivity index (χ1) is 17.8. The number of likely N-dealkylation sites (tertiary alicyclic amines) is 1. The number of halogens is 3. The van der Waals surface area contributed by atoms with Gasteiger partial charge in [0.05, 0.1) is 6.04 Å². The molecule has 0 aliphatic carbocycles. The molecule has 7 nitrogen and oxygen atoms in total. The Balaban J connectivity index is 1.44. The SMILES string of the molecule is CCc1cc2c(cc1[C@@H](O)[C@@H](CN1CCCC1)NC(=O)C(F)(F)c1cc3cc(Cl)ccc3o1)OCCO2. The van der Waals surface area contributed by atoms with Gasteiger partial charge in [0.2, 0.25) is 0 Å². The molecule has 0 spiro atoms. The van der Waals surface area contributed by atoms with Gasteiger partial charge >= 0.3 is 5.92 Å². The summed E-state index contributed by atoms with van der Waals surface area (Å²) in [4.78, 5) is 15.0. The zero-order chi connectivity index (χ0) is 26.2. The number of benzene rings is 2. The summed E-state index contributed by atoms with van der Waals surface area (Å²) in [5.74, 6) is -5.23. The summed E-state index contributed by atoms with van der Waals surface area (Å²) in [7, 11) is 0. The van der Waals surface area contributed by atoms with Crippen LogP contribution in [0.3, 0.4) is 0 Å². The van der Waals surface area contributed by atoms with E-state index in [0.717, 1.165) is 37.6 Å². The fourth-order valence-electron chi connectivity index (χ4n) is 4.95. The van der Waals surface area contributed by atoms with Gasteiger partial charge in [0.1, 0.15) is 24.9 Å². The van der Waals surface area contributed by atoms with Crippen LogP contribution in [0.4, 0.5) is 8.78 Å². The van der Waals surface area contributed by atoms with Crippen LogP contribution in [-0.4, -0.2) is 54.8 Å². The molecule has 1 aromatic heterocycles. The van der Waals surface area contributed by atoms with Crippen LogP contribution < -0.4 is 14.8 Å². The molecule has 5 rings (SSSR count). The zero-order valence-corrected chi connectivity index (χ0v) is 21.2. The van der Waals surface area contributed by atoms with Gasteiger partial charge in [0.15, 0.2) is 17.3 Å². The highest BCUT2D eigenvalue weighted by Crippen LogP contribution is 2.38. The predicted octanol–water partition coefficient (Wildman–Crippen LogP) is 4.83. The van der Waals surface area contributed by atoms with Crippen LogP contribution in [0, 0.1) is 0 Å². The van der Waals surface area contributed by atoms with Crippen molar-refractivity contribution in [2.45, 2.75) is 44.3 Å². The zero-order valence-electron chi connectivity index (χ0n) is 20.4. The van der Waals surface area contributed by atoms with E-state index in [4.69, 9.17) is 25.5 Å². The van der Waals surface area contributed by atoms with E-state index in [9.17, 15) is 9.90 Å². The number of carbonyl (C=O) groups is 1. The summed E-state index contributed by atoms with van der Waals surface area (Å²) in [5, 5.41) is 14.6. The lowest BCUT2D eigenvalue weighted by molar-refractivity contribution is -0.151. The standard InChI is InChI=1S/C27H29ClF2N2O5/c1-2-16-12-22-23(36-10-9-35-22)14-19(16)25(33)20(15-32-7-3-4-8-32)31-26(34)27(29,30)24-13-17-11-18(28)5-6-21(17)37-24/h5-6,11-14,20,25,33H,2-4,7-10,15H2,1H3,(H,31,34)/t20-,25-/m1/s1. The van der Waals surface area contributed by atoms with Crippen molar-refractivity contribution in [1.82, 2.24) is 10.2 Å². The van der Waals surface area contributed by atoms with Gasteiger partial charge in [-0.05, 0) is 79.9 Å². The number of furan rings is 1. The molecule has 3 heterocycles. The van der Waals surface area contributed by atoms with Gasteiger partial charge in [-0.2, -0.15) is 8.78 Å². The molecule has 2 aliphatic heterocycles. The number of hydrogen-bond donors (Lipinski definition) is 2. The van der Waals surface area contributed by atoms with E-state index in [1.54, 1.807) is 12.1 Å². The molecular formula is C27H29ClF2N2O5. The molecule has 2 aliphatic rings. The Morgan fingerprint density at radius 2 is 1.84 bits per heavy atom. The van der Waals surface area contributed by atoms with Crippen molar-refractivity contribution < 1.29 is 32.6 Å². The first-order valence-electron chi connectivity index (χ1n) is 12.5. The maximum Gasteiger partial charge on any atom is 0.380 e. The van der Waals surface area contributed by atoms with Gasteiger partial charge in [0, 0.05) is 17.0 Å². The molecule has 10 heteroatoms. The number of carbonyl (C=O) groups excluding carboxylic acids is 1. The van der Waals surface area contributed by atoms with E-state index in [-0.39, 0.29) is 12.1 Å². The molecule has 0 bridgehead atoms.